The fourth-order valence-corrected chi connectivity index (χ4v) is 2.85. The summed E-state index contributed by atoms with van der Waals surface area (Å²) < 4.78 is 22.1. The van der Waals surface area contributed by atoms with Crippen LogP contribution in [0.3, 0.4) is 0 Å². The summed E-state index contributed by atoms with van der Waals surface area (Å²) in [7, 11) is 1.70. The van der Waals surface area contributed by atoms with Gasteiger partial charge in [-0.15, -0.1) is 0 Å². The number of hydrogen-bond donors (Lipinski definition) is 0. The molecule has 0 bridgehead atoms. The highest BCUT2D eigenvalue weighted by Crippen LogP contribution is 2.40. The lowest BCUT2D eigenvalue weighted by Crippen LogP contribution is -2.31. The van der Waals surface area contributed by atoms with Crippen molar-refractivity contribution in [2.45, 2.75) is 13.1 Å². The van der Waals surface area contributed by atoms with Crippen molar-refractivity contribution in [3.8, 4) is 23.0 Å². The first-order valence-corrected chi connectivity index (χ1v) is 7.23. The van der Waals surface area contributed by atoms with Crippen LogP contribution in [0.4, 0.5) is 0 Å². The van der Waals surface area contributed by atoms with Crippen LogP contribution in [0, 0.1) is 0 Å². The van der Waals surface area contributed by atoms with Gasteiger partial charge in [-0.3, -0.25) is 4.90 Å². The summed E-state index contributed by atoms with van der Waals surface area (Å²) in [6, 6.07) is 12.0. The summed E-state index contributed by atoms with van der Waals surface area (Å²) in [5, 5.41) is 0. The molecule has 0 spiro atoms. The molecule has 2 aromatic carbocycles. The molecule has 2 aromatic rings. The van der Waals surface area contributed by atoms with Gasteiger partial charge in [0.15, 0.2) is 11.5 Å². The van der Waals surface area contributed by atoms with E-state index >= 15 is 0 Å². The molecule has 0 fully saturated rings. The summed E-state index contributed by atoms with van der Waals surface area (Å²) >= 11 is 0. The predicted molar refractivity (Wildman–Crippen MR) is 80.3 cm³/mol. The minimum Gasteiger partial charge on any atom is -0.496 e. The molecular formula is C17H17NO4. The molecule has 0 aromatic heterocycles. The Morgan fingerprint density at radius 3 is 2.73 bits per heavy atom. The lowest BCUT2D eigenvalue weighted by Gasteiger charge is -2.29. The van der Waals surface area contributed by atoms with E-state index in [1.54, 1.807) is 7.11 Å². The van der Waals surface area contributed by atoms with Gasteiger partial charge in [-0.05, 0) is 12.1 Å². The second kappa shape index (κ2) is 5.42. The molecule has 2 aliphatic heterocycles. The Morgan fingerprint density at radius 2 is 1.86 bits per heavy atom. The van der Waals surface area contributed by atoms with E-state index in [0.29, 0.717) is 6.73 Å². The second-order valence-electron chi connectivity index (χ2n) is 5.39. The zero-order valence-electron chi connectivity index (χ0n) is 12.4. The van der Waals surface area contributed by atoms with Crippen molar-refractivity contribution in [3.63, 3.8) is 0 Å². The number of para-hydroxylation sites is 1. The maximum absolute atomic E-state index is 5.86. The quantitative estimate of drug-likeness (QED) is 0.871. The van der Waals surface area contributed by atoms with E-state index in [9.17, 15) is 0 Å². The molecule has 0 saturated heterocycles. The van der Waals surface area contributed by atoms with E-state index in [-0.39, 0.29) is 6.79 Å². The van der Waals surface area contributed by atoms with Crippen molar-refractivity contribution in [2.75, 3.05) is 20.6 Å². The van der Waals surface area contributed by atoms with Crippen LogP contribution < -0.4 is 18.9 Å². The Bertz CT molecular complexity index is 701. The maximum Gasteiger partial charge on any atom is 0.231 e. The molecule has 4 rings (SSSR count). The first kappa shape index (κ1) is 13.3. The third-order valence-corrected chi connectivity index (χ3v) is 3.94. The van der Waals surface area contributed by atoms with Gasteiger partial charge in [0.2, 0.25) is 6.79 Å². The third-order valence-electron chi connectivity index (χ3n) is 3.94. The topological polar surface area (TPSA) is 40.2 Å². The molecule has 0 radical (unpaired) electrons. The Kier molecular flexibility index (Phi) is 3.27. The van der Waals surface area contributed by atoms with Gasteiger partial charge in [-0.2, -0.15) is 0 Å². The van der Waals surface area contributed by atoms with Crippen molar-refractivity contribution in [3.05, 3.63) is 47.5 Å². The summed E-state index contributed by atoms with van der Waals surface area (Å²) in [5.74, 6) is 3.33. The Labute approximate surface area is 129 Å². The minimum absolute atomic E-state index is 0.281. The number of benzene rings is 2. The Balaban J connectivity index is 1.54. The van der Waals surface area contributed by atoms with Gasteiger partial charge >= 0.3 is 0 Å². The van der Waals surface area contributed by atoms with Crippen molar-refractivity contribution in [1.82, 2.24) is 4.90 Å². The summed E-state index contributed by atoms with van der Waals surface area (Å²) in [6.45, 7) is 2.41. The van der Waals surface area contributed by atoms with E-state index in [2.05, 4.69) is 11.0 Å². The highest BCUT2D eigenvalue weighted by molar-refractivity contribution is 5.52. The second-order valence-corrected chi connectivity index (χ2v) is 5.39. The van der Waals surface area contributed by atoms with Gasteiger partial charge in [0.25, 0.3) is 0 Å². The zero-order chi connectivity index (χ0) is 14.9. The number of hydrogen-bond acceptors (Lipinski definition) is 5. The van der Waals surface area contributed by atoms with E-state index < -0.39 is 0 Å². The highest BCUT2D eigenvalue weighted by atomic mass is 16.7. The monoisotopic (exact) mass is 299 g/mol. The van der Waals surface area contributed by atoms with Crippen LogP contribution in [0.1, 0.15) is 11.1 Å². The average molecular weight is 299 g/mol. The number of nitrogens with zero attached hydrogens (tertiary/aromatic N) is 1. The first-order valence-electron chi connectivity index (χ1n) is 7.23. The lowest BCUT2D eigenvalue weighted by molar-refractivity contribution is 0.0877. The van der Waals surface area contributed by atoms with Gasteiger partial charge in [0.05, 0.1) is 7.11 Å². The van der Waals surface area contributed by atoms with Crippen molar-refractivity contribution in [2.24, 2.45) is 0 Å². The molecule has 0 aliphatic carbocycles. The predicted octanol–water partition coefficient (Wildman–Crippen LogP) is 2.78. The van der Waals surface area contributed by atoms with Crippen LogP contribution in [0.15, 0.2) is 36.4 Å². The smallest absolute Gasteiger partial charge is 0.231 e. The molecular weight excluding hydrogens is 282 g/mol. The third kappa shape index (κ3) is 2.33. The molecule has 0 unspecified atom stereocenters. The molecule has 5 nitrogen and oxygen atoms in total. The van der Waals surface area contributed by atoms with Gasteiger partial charge in [0, 0.05) is 30.3 Å². The molecule has 0 atom stereocenters. The molecule has 2 heterocycles. The lowest BCUT2D eigenvalue weighted by atomic mass is 10.1. The van der Waals surface area contributed by atoms with Gasteiger partial charge < -0.3 is 18.9 Å². The van der Waals surface area contributed by atoms with Crippen molar-refractivity contribution >= 4 is 0 Å². The van der Waals surface area contributed by atoms with E-state index in [1.165, 1.54) is 0 Å². The fraction of sp³-hybridized carbons (Fsp3) is 0.294. The van der Waals surface area contributed by atoms with Crippen molar-refractivity contribution < 1.29 is 18.9 Å². The van der Waals surface area contributed by atoms with Crippen LogP contribution in [-0.4, -0.2) is 25.5 Å². The molecule has 0 amide bonds. The molecule has 0 N–H and O–H groups in total. The largest absolute Gasteiger partial charge is 0.496 e. The number of ether oxygens (including phenoxy) is 4. The summed E-state index contributed by atoms with van der Waals surface area (Å²) in [4.78, 5) is 2.22. The molecule has 0 saturated carbocycles. The zero-order valence-corrected chi connectivity index (χ0v) is 12.4. The van der Waals surface area contributed by atoms with E-state index in [4.69, 9.17) is 18.9 Å². The number of methoxy groups -OCH3 is 1. The molecule has 114 valence electrons. The SMILES string of the molecule is COc1ccccc1CN1COc2cc3c(cc2C1)OCO3. The number of fused-ring (bicyclic) bond motifs is 2. The average Bonchev–Trinajstić information content (AvgIpc) is 3.00. The van der Waals surface area contributed by atoms with Gasteiger partial charge in [-0.1, -0.05) is 18.2 Å². The first-order chi connectivity index (χ1) is 10.8. The van der Waals surface area contributed by atoms with Crippen LogP contribution in [-0.2, 0) is 13.1 Å². The molecule has 22 heavy (non-hydrogen) atoms. The van der Waals surface area contributed by atoms with Crippen LogP contribution in [0.5, 0.6) is 23.0 Å². The van der Waals surface area contributed by atoms with Gasteiger partial charge in [-0.25, -0.2) is 0 Å². The minimum atomic E-state index is 0.281. The van der Waals surface area contributed by atoms with Crippen LogP contribution >= 0.6 is 0 Å². The van der Waals surface area contributed by atoms with E-state index in [0.717, 1.165) is 47.2 Å². The normalized spacial score (nSPS) is 16.0. The fourth-order valence-electron chi connectivity index (χ4n) is 2.85. The van der Waals surface area contributed by atoms with Crippen molar-refractivity contribution in [1.29, 1.82) is 0 Å². The molecule has 2 aliphatic rings. The number of rotatable bonds is 3. The van der Waals surface area contributed by atoms with Crippen LogP contribution in [0.25, 0.3) is 0 Å². The Hall–Kier alpha value is -2.40. The summed E-state index contributed by atoms with van der Waals surface area (Å²) in [5.41, 5.74) is 2.27. The molecule has 5 heteroatoms. The standard InChI is InChI=1S/C17H17NO4/c1-19-14-5-3-2-4-12(14)8-18-9-13-6-16-17(22-11-21-16)7-15(13)20-10-18/h2-7H,8-11H2,1H3. The maximum atomic E-state index is 5.86. The Morgan fingerprint density at radius 1 is 1.05 bits per heavy atom. The van der Waals surface area contributed by atoms with E-state index in [1.807, 2.05) is 30.3 Å². The van der Waals surface area contributed by atoms with Crippen LogP contribution in [0.2, 0.25) is 0 Å². The highest BCUT2D eigenvalue weighted by Gasteiger charge is 2.23. The summed E-state index contributed by atoms with van der Waals surface area (Å²) in [6.07, 6.45) is 0. The van der Waals surface area contributed by atoms with Gasteiger partial charge in [0.1, 0.15) is 18.2 Å².